The summed E-state index contributed by atoms with van der Waals surface area (Å²) in [6.07, 6.45) is 1.58. The van der Waals surface area contributed by atoms with Crippen molar-refractivity contribution in [1.82, 2.24) is 9.62 Å². The third-order valence-electron chi connectivity index (χ3n) is 3.54. The number of hydrogen-bond donors (Lipinski definition) is 1. The van der Waals surface area contributed by atoms with Crippen molar-refractivity contribution >= 4 is 34.0 Å². The molecule has 7 heteroatoms. The molecule has 1 atom stereocenters. The molecule has 21 heavy (non-hydrogen) atoms. The first-order chi connectivity index (χ1) is 9.54. The second-order valence-corrected chi connectivity index (χ2v) is 7.53. The van der Waals surface area contributed by atoms with Gasteiger partial charge < -0.3 is 5.32 Å². The lowest BCUT2D eigenvalue weighted by Gasteiger charge is -2.35. The Kier molecular flexibility index (Phi) is 7.44. The average molecular weight is 353 g/mol. The Balaban J connectivity index is 0.00000220. The maximum atomic E-state index is 12.5. The van der Waals surface area contributed by atoms with E-state index in [9.17, 15) is 8.42 Å². The van der Waals surface area contributed by atoms with Crippen molar-refractivity contribution in [2.24, 2.45) is 0 Å². The second-order valence-electron chi connectivity index (χ2n) is 5.06. The van der Waals surface area contributed by atoms with E-state index in [0.717, 1.165) is 12.0 Å². The lowest BCUT2D eigenvalue weighted by atomic mass is 10.1. The highest BCUT2D eigenvalue weighted by molar-refractivity contribution is 7.89. The van der Waals surface area contributed by atoms with Crippen molar-refractivity contribution in [2.75, 3.05) is 25.4 Å². The molecule has 1 saturated heterocycles. The summed E-state index contributed by atoms with van der Waals surface area (Å²) < 4.78 is 26.6. The largest absolute Gasteiger partial charge is 0.313 e. The molecule has 0 spiro atoms. The van der Waals surface area contributed by atoms with Gasteiger partial charge in [-0.05, 0) is 24.1 Å². The van der Waals surface area contributed by atoms with Crippen LogP contribution < -0.4 is 5.32 Å². The van der Waals surface area contributed by atoms with Crippen LogP contribution >= 0.6 is 24.0 Å². The molecule has 1 fully saturated rings. The van der Waals surface area contributed by atoms with Crippen molar-refractivity contribution in [3.05, 3.63) is 34.9 Å². The highest BCUT2D eigenvalue weighted by Crippen LogP contribution is 2.27. The summed E-state index contributed by atoms with van der Waals surface area (Å²) in [4.78, 5) is 0. The lowest BCUT2D eigenvalue weighted by molar-refractivity contribution is 0.271. The topological polar surface area (TPSA) is 49.4 Å². The van der Waals surface area contributed by atoms with Crippen LogP contribution in [-0.4, -0.2) is 38.1 Å². The Hall–Kier alpha value is -0.330. The SMILES string of the molecule is CCCCS(=O)(=O)N1CCNCC1c1cccc(Cl)c1.Cl. The maximum Gasteiger partial charge on any atom is 0.214 e. The number of rotatable bonds is 5. The molecule has 0 amide bonds. The third-order valence-corrected chi connectivity index (χ3v) is 5.73. The first-order valence-corrected chi connectivity index (χ1v) is 8.99. The molecule has 1 aliphatic rings. The highest BCUT2D eigenvalue weighted by Gasteiger charge is 2.32. The van der Waals surface area contributed by atoms with Gasteiger partial charge in [-0.3, -0.25) is 0 Å². The second kappa shape index (κ2) is 8.34. The molecule has 4 nitrogen and oxygen atoms in total. The highest BCUT2D eigenvalue weighted by atomic mass is 35.5. The average Bonchev–Trinajstić information content (AvgIpc) is 2.45. The van der Waals surface area contributed by atoms with Gasteiger partial charge in [-0.15, -0.1) is 12.4 Å². The summed E-state index contributed by atoms with van der Waals surface area (Å²) in [5, 5.41) is 3.90. The minimum absolute atomic E-state index is 0. The molecule has 0 aliphatic carbocycles. The van der Waals surface area contributed by atoms with E-state index in [4.69, 9.17) is 11.6 Å². The fourth-order valence-electron chi connectivity index (χ4n) is 2.46. The molecule has 120 valence electrons. The van der Waals surface area contributed by atoms with Gasteiger partial charge >= 0.3 is 0 Å². The molecule has 1 unspecified atom stereocenters. The first-order valence-electron chi connectivity index (χ1n) is 7.00. The first kappa shape index (κ1) is 18.7. The summed E-state index contributed by atoms with van der Waals surface area (Å²) in [5.74, 6) is 0.223. The predicted molar refractivity (Wildman–Crippen MR) is 89.7 cm³/mol. The number of benzene rings is 1. The monoisotopic (exact) mass is 352 g/mol. The van der Waals surface area contributed by atoms with Gasteiger partial charge in [-0.1, -0.05) is 37.1 Å². The van der Waals surface area contributed by atoms with Gasteiger partial charge in [0.1, 0.15) is 0 Å². The quantitative estimate of drug-likeness (QED) is 0.886. The van der Waals surface area contributed by atoms with Gasteiger partial charge in [-0.25, -0.2) is 8.42 Å². The summed E-state index contributed by atoms with van der Waals surface area (Å²) in [7, 11) is -3.21. The smallest absolute Gasteiger partial charge is 0.214 e. The van der Waals surface area contributed by atoms with Crippen LogP contribution in [0.1, 0.15) is 31.4 Å². The third kappa shape index (κ3) is 4.83. The number of nitrogens with one attached hydrogen (secondary N) is 1. The van der Waals surface area contributed by atoms with Gasteiger partial charge in [0.2, 0.25) is 10.0 Å². The normalized spacial score (nSPS) is 20.0. The van der Waals surface area contributed by atoms with Crippen LogP contribution in [0.3, 0.4) is 0 Å². The lowest BCUT2D eigenvalue weighted by Crippen LogP contribution is -2.49. The van der Waals surface area contributed by atoms with Crippen LogP contribution in [0.25, 0.3) is 0 Å². The molecule has 0 aromatic heterocycles. The van der Waals surface area contributed by atoms with E-state index in [-0.39, 0.29) is 24.2 Å². The molecule has 1 aromatic rings. The summed E-state index contributed by atoms with van der Waals surface area (Å²) in [5.41, 5.74) is 0.949. The van der Waals surface area contributed by atoms with Gasteiger partial charge in [0.05, 0.1) is 11.8 Å². The Morgan fingerprint density at radius 2 is 2.19 bits per heavy atom. The van der Waals surface area contributed by atoms with Crippen LogP contribution in [0.15, 0.2) is 24.3 Å². The van der Waals surface area contributed by atoms with E-state index in [0.29, 0.717) is 31.1 Å². The number of halogens is 2. The van der Waals surface area contributed by atoms with E-state index in [1.54, 1.807) is 10.4 Å². The molecular weight excluding hydrogens is 331 g/mol. The number of hydrogen-bond acceptors (Lipinski definition) is 3. The zero-order chi connectivity index (χ0) is 14.6. The van der Waals surface area contributed by atoms with E-state index in [1.165, 1.54) is 0 Å². The Bertz CT molecular complexity index is 552. The van der Waals surface area contributed by atoms with Crippen LogP contribution in [0.2, 0.25) is 5.02 Å². The molecule has 1 N–H and O–H groups in total. The molecule has 1 aromatic carbocycles. The van der Waals surface area contributed by atoms with Crippen molar-refractivity contribution in [3.63, 3.8) is 0 Å². The molecule has 0 saturated carbocycles. The minimum atomic E-state index is -3.21. The van der Waals surface area contributed by atoms with E-state index in [2.05, 4.69) is 5.32 Å². The summed E-state index contributed by atoms with van der Waals surface area (Å²) in [6.45, 7) is 3.85. The van der Waals surface area contributed by atoms with Crippen LogP contribution in [0.5, 0.6) is 0 Å². The zero-order valence-corrected chi connectivity index (χ0v) is 14.5. The number of nitrogens with zero attached hydrogens (tertiary/aromatic N) is 1. The number of unbranched alkanes of at least 4 members (excludes halogenated alkanes) is 1. The van der Waals surface area contributed by atoms with Crippen molar-refractivity contribution in [2.45, 2.75) is 25.8 Å². The fourth-order valence-corrected chi connectivity index (χ4v) is 4.50. The van der Waals surface area contributed by atoms with Crippen LogP contribution in [0, 0.1) is 0 Å². The predicted octanol–water partition coefficient (Wildman–Crippen LogP) is 2.84. The molecular formula is C14H22Cl2N2O2S. The van der Waals surface area contributed by atoms with Crippen molar-refractivity contribution < 1.29 is 8.42 Å². The van der Waals surface area contributed by atoms with Gasteiger partial charge in [0.15, 0.2) is 0 Å². The number of sulfonamides is 1. The van der Waals surface area contributed by atoms with Gasteiger partial charge in [0.25, 0.3) is 0 Å². The Morgan fingerprint density at radius 3 is 2.86 bits per heavy atom. The molecule has 2 rings (SSSR count). The van der Waals surface area contributed by atoms with Crippen LogP contribution in [-0.2, 0) is 10.0 Å². The van der Waals surface area contributed by atoms with Crippen LogP contribution in [0.4, 0.5) is 0 Å². The summed E-state index contributed by atoms with van der Waals surface area (Å²) in [6, 6.07) is 7.29. The van der Waals surface area contributed by atoms with E-state index in [1.807, 2.05) is 25.1 Å². The molecule has 0 bridgehead atoms. The standard InChI is InChI=1S/C14H21ClN2O2S.ClH/c1-2-3-9-20(18,19)17-8-7-16-11-14(17)12-5-4-6-13(15)10-12;/h4-6,10,14,16H,2-3,7-9,11H2,1H3;1H. The van der Waals surface area contributed by atoms with Crippen molar-refractivity contribution in [3.8, 4) is 0 Å². The van der Waals surface area contributed by atoms with E-state index < -0.39 is 10.0 Å². The zero-order valence-electron chi connectivity index (χ0n) is 12.1. The van der Waals surface area contributed by atoms with Gasteiger partial charge in [-0.2, -0.15) is 4.31 Å². The maximum absolute atomic E-state index is 12.5. The van der Waals surface area contributed by atoms with Gasteiger partial charge in [0, 0.05) is 24.7 Å². The summed E-state index contributed by atoms with van der Waals surface area (Å²) >= 11 is 6.02. The van der Waals surface area contributed by atoms with E-state index >= 15 is 0 Å². The van der Waals surface area contributed by atoms with Crippen molar-refractivity contribution in [1.29, 1.82) is 0 Å². The fraction of sp³-hybridized carbons (Fsp3) is 0.571. The Morgan fingerprint density at radius 1 is 1.43 bits per heavy atom. The molecule has 1 aliphatic heterocycles. The minimum Gasteiger partial charge on any atom is -0.313 e. The Labute approximate surface area is 138 Å². The molecule has 1 heterocycles. The number of piperazine rings is 1. The molecule has 0 radical (unpaired) electrons.